The summed E-state index contributed by atoms with van der Waals surface area (Å²) in [5, 5.41) is 12.5. The van der Waals surface area contributed by atoms with Gasteiger partial charge in [0.05, 0.1) is 10.5 Å². The summed E-state index contributed by atoms with van der Waals surface area (Å²) in [7, 11) is -3.74. The van der Waals surface area contributed by atoms with Gasteiger partial charge < -0.3 is 9.63 Å². The number of nitrogens with zero attached hydrogens (tertiary/aromatic N) is 2. The van der Waals surface area contributed by atoms with Crippen LogP contribution in [-0.2, 0) is 15.6 Å². The molecule has 0 unspecified atom stereocenters. The van der Waals surface area contributed by atoms with E-state index in [-0.39, 0.29) is 16.3 Å². The highest BCUT2D eigenvalue weighted by atomic mass is 32.2. The molecule has 0 spiro atoms. The first-order valence-corrected chi connectivity index (χ1v) is 7.29. The minimum Gasteiger partial charge on any atom is -0.478 e. The van der Waals surface area contributed by atoms with Gasteiger partial charge in [-0.1, -0.05) is 5.16 Å². The standard InChI is InChI=1S/C12H12N2O5S/c1-7-3-9(12(15)16)4-10(8(7)2)20(17,18)5-11-13-6-19-14-11/h3-4,6H,5H2,1-2H3,(H,15,16). The third kappa shape index (κ3) is 2.69. The molecule has 0 aliphatic heterocycles. The predicted octanol–water partition coefficient (Wildman–Crippen LogP) is 1.36. The summed E-state index contributed by atoms with van der Waals surface area (Å²) in [4.78, 5) is 14.7. The van der Waals surface area contributed by atoms with Crippen LogP contribution in [0.4, 0.5) is 0 Å². The summed E-state index contributed by atoms with van der Waals surface area (Å²) >= 11 is 0. The molecule has 1 aromatic carbocycles. The quantitative estimate of drug-likeness (QED) is 0.906. The molecule has 7 nitrogen and oxygen atoms in total. The second kappa shape index (κ2) is 5.04. The lowest BCUT2D eigenvalue weighted by Gasteiger charge is -2.10. The molecule has 1 heterocycles. The largest absolute Gasteiger partial charge is 0.478 e. The van der Waals surface area contributed by atoms with Gasteiger partial charge in [-0.3, -0.25) is 0 Å². The molecule has 0 aliphatic rings. The van der Waals surface area contributed by atoms with E-state index in [1.54, 1.807) is 13.8 Å². The van der Waals surface area contributed by atoms with E-state index in [0.717, 1.165) is 12.5 Å². The van der Waals surface area contributed by atoms with Gasteiger partial charge in [-0.05, 0) is 37.1 Å². The maximum atomic E-state index is 12.3. The van der Waals surface area contributed by atoms with Crippen LogP contribution in [0.1, 0.15) is 27.3 Å². The van der Waals surface area contributed by atoms with Gasteiger partial charge in [0.25, 0.3) is 0 Å². The molecule has 0 saturated carbocycles. The van der Waals surface area contributed by atoms with Crippen molar-refractivity contribution >= 4 is 15.8 Å². The lowest BCUT2D eigenvalue weighted by molar-refractivity contribution is 0.0696. The molecule has 1 N–H and O–H groups in total. The number of aromatic carboxylic acids is 1. The third-order valence-electron chi connectivity index (χ3n) is 2.93. The number of rotatable bonds is 4. The van der Waals surface area contributed by atoms with Crippen LogP contribution in [0, 0.1) is 13.8 Å². The zero-order chi connectivity index (χ0) is 14.9. The maximum absolute atomic E-state index is 12.3. The second-order valence-corrected chi connectivity index (χ2v) is 6.29. The molecular weight excluding hydrogens is 284 g/mol. The van der Waals surface area contributed by atoms with E-state index in [1.807, 2.05) is 0 Å². The van der Waals surface area contributed by atoms with E-state index in [2.05, 4.69) is 14.7 Å². The minimum absolute atomic E-state index is 0.0281. The van der Waals surface area contributed by atoms with Gasteiger partial charge in [-0.15, -0.1) is 0 Å². The van der Waals surface area contributed by atoms with Gasteiger partial charge >= 0.3 is 5.97 Å². The van der Waals surface area contributed by atoms with Crippen LogP contribution in [0.3, 0.4) is 0 Å². The highest BCUT2D eigenvalue weighted by Gasteiger charge is 2.23. The van der Waals surface area contributed by atoms with Crippen LogP contribution < -0.4 is 0 Å². The fraction of sp³-hybridized carbons (Fsp3) is 0.250. The average molecular weight is 296 g/mol. The van der Waals surface area contributed by atoms with Crippen LogP contribution in [0.15, 0.2) is 27.9 Å². The maximum Gasteiger partial charge on any atom is 0.335 e. The van der Waals surface area contributed by atoms with Crippen molar-refractivity contribution in [3.63, 3.8) is 0 Å². The number of carboxylic acids is 1. The van der Waals surface area contributed by atoms with Crippen LogP contribution in [0.2, 0.25) is 0 Å². The van der Waals surface area contributed by atoms with Crippen LogP contribution in [0.25, 0.3) is 0 Å². The normalized spacial score (nSPS) is 11.5. The Morgan fingerprint density at radius 1 is 1.35 bits per heavy atom. The summed E-state index contributed by atoms with van der Waals surface area (Å²) in [5.74, 6) is -1.58. The lowest BCUT2D eigenvalue weighted by Crippen LogP contribution is -2.11. The Bertz CT molecular complexity index is 750. The molecule has 0 amide bonds. The second-order valence-electron chi connectivity index (χ2n) is 4.33. The number of aromatic nitrogens is 2. The number of carboxylic acid groups (broad SMARTS) is 1. The van der Waals surface area contributed by atoms with E-state index >= 15 is 0 Å². The average Bonchev–Trinajstić information content (AvgIpc) is 2.83. The minimum atomic E-state index is -3.74. The fourth-order valence-electron chi connectivity index (χ4n) is 1.78. The number of benzene rings is 1. The molecule has 0 atom stereocenters. The summed E-state index contributed by atoms with van der Waals surface area (Å²) in [6.07, 6.45) is 1.04. The Morgan fingerprint density at radius 3 is 2.60 bits per heavy atom. The van der Waals surface area contributed by atoms with Crippen molar-refractivity contribution in [2.45, 2.75) is 24.5 Å². The zero-order valence-corrected chi connectivity index (χ0v) is 11.6. The monoisotopic (exact) mass is 296 g/mol. The lowest BCUT2D eigenvalue weighted by atomic mass is 10.1. The molecule has 0 saturated heterocycles. The van der Waals surface area contributed by atoms with Gasteiger partial charge in [-0.2, -0.15) is 4.98 Å². The molecule has 106 valence electrons. The van der Waals surface area contributed by atoms with Crippen molar-refractivity contribution < 1.29 is 22.8 Å². The van der Waals surface area contributed by atoms with Gasteiger partial charge in [-0.25, -0.2) is 13.2 Å². The fourth-order valence-corrected chi connectivity index (χ4v) is 3.33. The third-order valence-corrected chi connectivity index (χ3v) is 4.66. The molecule has 0 aliphatic carbocycles. The van der Waals surface area contributed by atoms with Crippen molar-refractivity contribution in [3.05, 3.63) is 41.0 Å². The first-order chi connectivity index (χ1) is 9.31. The van der Waals surface area contributed by atoms with Crippen molar-refractivity contribution in [2.75, 3.05) is 0 Å². The molecule has 0 fully saturated rings. The Balaban J connectivity index is 2.53. The van der Waals surface area contributed by atoms with Crippen molar-refractivity contribution in [1.82, 2.24) is 10.1 Å². The molecular formula is C12H12N2O5S. The highest BCUT2D eigenvalue weighted by molar-refractivity contribution is 7.90. The Morgan fingerprint density at radius 2 is 2.05 bits per heavy atom. The number of sulfone groups is 1. The highest BCUT2D eigenvalue weighted by Crippen LogP contribution is 2.24. The van der Waals surface area contributed by atoms with Gasteiger partial charge in [0.15, 0.2) is 15.7 Å². The molecule has 8 heteroatoms. The number of hydrogen-bond acceptors (Lipinski definition) is 6. The van der Waals surface area contributed by atoms with Crippen molar-refractivity contribution in [3.8, 4) is 0 Å². The number of aryl methyl sites for hydroxylation is 1. The summed E-state index contributed by atoms with van der Waals surface area (Å²) in [5.41, 5.74) is 1.04. The molecule has 0 bridgehead atoms. The Labute approximate surface area is 115 Å². The topological polar surface area (TPSA) is 110 Å². The van der Waals surface area contributed by atoms with E-state index in [0.29, 0.717) is 11.1 Å². The molecule has 2 aromatic rings. The van der Waals surface area contributed by atoms with E-state index in [9.17, 15) is 13.2 Å². The smallest absolute Gasteiger partial charge is 0.335 e. The van der Waals surface area contributed by atoms with Gasteiger partial charge in [0.2, 0.25) is 6.39 Å². The van der Waals surface area contributed by atoms with Crippen LogP contribution in [-0.4, -0.2) is 29.6 Å². The van der Waals surface area contributed by atoms with Crippen LogP contribution in [0.5, 0.6) is 0 Å². The van der Waals surface area contributed by atoms with Crippen molar-refractivity contribution in [2.24, 2.45) is 0 Å². The van der Waals surface area contributed by atoms with E-state index < -0.39 is 21.6 Å². The Kier molecular flexibility index (Phi) is 3.58. The zero-order valence-electron chi connectivity index (χ0n) is 10.8. The molecule has 1 aromatic heterocycles. The first-order valence-electron chi connectivity index (χ1n) is 5.64. The Hall–Kier alpha value is -2.22. The first kappa shape index (κ1) is 14.2. The summed E-state index contributed by atoms with van der Waals surface area (Å²) in [6, 6.07) is 2.59. The molecule has 2 rings (SSSR count). The molecule has 20 heavy (non-hydrogen) atoms. The van der Waals surface area contributed by atoms with Crippen LogP contribution >= 0.6 is 0 Å². The van der Waals surface area contributed by atoms with Crippen molar-refractivity contribution in [1.29, 1.82) is 0 Å². The van der Waals surface area contributed by atoms with Gasteiger partial charge in [0, 0.05) is 0 Å². The SMILES string of the molecule is Cc1cc(C(=O)O)cc(S(=O)(=O)Cc2ncon2)c1C. The number of hydrogen-bond donors (Lipinski definition) is 1. The predicted molar refractivity (Wildman–Crippen MR) is 68.1 cm³/mol. The summed E-state index contributed by atoms with van der Waals surface area (Å²) < 4.78 is 29.2. The van der Waals surface area contributed by atoms with Gasteiger partial charge in [0.1, 0.15) is 5.75 Å². The van der Waals surface area contributed by atoms with E-state index in [1.165, 1.54) is 6.07 Å². The van der Waals surface area contributed by atoms with E-state index in [4.69, 9.17) is 5.11 Å². The number of carbonyl (C=O) groups is 1. The molecule has 0 radical (unpaired) electrons. The summed E-state index contributed by atoms with van der Waals surface area (Å²) in [6.45, 7) is 3.29.